The Bertz CT molecular complexity index is 459. The summed E-state index contributed by atoms with van der Waals surface area (Å²) in [7, 11) is 0. The summed E-state index contributed by atoms with van der Waals surface area (Å²) < 4.78 is 13.7. The number of hydrogen-bond acceptors (Lipinski definition) is 4. The Morgan fingerprint density at radius 3 is 2.79 bits per heavy atom. The molecule has 0 bridgehead atoms. The highest BCUT2D eigenvalue weighted by molar-refractivity contribution is 5.93. The van der Waals surface area contributed by atoms with Crippen LogP contribution in [-0.2, 0) is 6.54 Å². The number of likely N-dealkylation sites (tertiary alicyclic amines) is 1. The molecule has 0 saturated carbocycles. The zero-order chi connectivity index (χ0) is 13.8. The minimum absolute atomic E-state index is 0.254. The van der Waals surface area contributed by atoms with Gasteiger partial charge in [0.1, 0.15) is 5.82 Å². The van der Waals surface area contributed by atoms with Gasteiger partial charge < -0.3 is 5.11 Å². The Morgan fingerprint density at radius 1 is 1.47 bits per heavy atom. The summed E-state index contributed by atoms with van der Waals surface area (Å²) in [6, 6.07) is 4.20. The molecule has 1 aromatic carbocycles. The van der Waals surface area contributed by atoms with Gasteiger partial charge >= 0.3 is 0 Å². The minimum atomic E-state index is -0.435. The van der Waals surface area contributed by atoms with Crippen molar-refractivity contribution in [2.45, 2.75) is 25.5 Å². The van der Waals surface area contributed by atoms with Gasteiger partial charge in [-0.05, 0) is 31.0 Å². The number of rotatable bonds is 3. The van der Waals surface area contributed by atoms with Crippen molar-refractivity contribution in [3.63, 3.8) is 0 Å². The van der Waals surface area contributed by atoms with Gasteiger partial charge in [-0.2, -0.15) is 0 Å². The van der Waals surface area contributed by atoms with E-state index in [4.69, 9.17) is 5.84 Å². The van der Waals surface area contributed by atoms with Crippen LogP contribution in [0, 0.1) is 5.82 Å². The largest absolute Gasteiger partial charge is 0.393 e. The molecule has 1 fully saturated rings. The van der Waals surface area contributed by atoms with Crippen LogP contribution in [0.2, 0.25) is 0 Å². The van der Waals surface area contributed by atoms with E-state index < -0.39 is 5.91 Å². The first-order valence-corrected chi connectivity index (χ1v) is 6.30. The van der Waals surface area contributed by atoms with Crippen LogP contribution in [0.15, 0.2) is 18.2 Å². The lowest BCUT2D eigenvalue weighted by atomic mass is 10.1. The Labute approximate surface area is 111 Å². The SMILES string of the molecule is NNC(=O)c1ccc(F)c(CN2CCC(O)CC2)c1. The molecular formula is C13H18FN3O2. The molecular weight excluding hydrogens is 249 g/mol. The molecule has 2 rings (SSSR count). The number of nitrogens with one attached hydrogen (secondary N) is 1. The van der Waals surface area contributed by atoms with E-state index >= 15 is 0 Å². The van der Waals surface area contributed by atoms with Crippen LogP contribution in [0.3, 0.4) is 0 Å². The second kappa shape index (κ2) is 6.10. The van der Waals surface area contributed by atoms with E-state index in [1.54, 1.807) is 0 Å². The summed E-state index contributed by atoms with van der Waals surface area (Å²) >= 11 is 0. The molecule has 0 atom stereocenters. The van der Waals surface area contributed by atoms with Crippen LogP contribution >= 0.6 is 0 Å². The molecule has 6 heteroatoms. The van der Waals surface area contributed by atoms with Gasteiger partial charge in [-0.3, -0.25) is 15.1 Å². The fraction of sp³-hybridized carbons (Fsp3) is 0.462. The molecule has 1 aliphatic rings. The maximum Gasteiger partial charge on any atom is 0.265 e. The number of aliphatic hydroxyl groups is 1. The van der Waals surface area contributed by atoms with Crippen molar-refractivity contribution in [1.29, 1.82) is 0 Å². The van der Waals surface area contributed by atoms with E-state index in [1.807, 2.05) is 5.43 Å². The van der Waals surface area contributed by atoms with Crippen LogP contribution in [0.25, 0.3) is 0 Å². The normalized spacial score (nSPS) is 17.4. The molecule has 1 aromatic rings. The molecule has 0 radical (unpaired) electrons. The van der Waals surface area contributed by atoms with E-state index in [0.717, 1.165) is 13.1 Å². The molecule has 0 spiro atoms. The second-order valence-electron chi connectivity index (χ2n) is 4.79. The molecule has 5 nitrogen and oxygen atoms in total. The average Bonchev–Trinajstić information content (AvgIpc) is 2.43. The van der Waals surface area contributed by atoms with Crippen LogP contribution in [0.1, 0.15) is 28.8 Å². The number of aliphatic hydroxyl groups excluding tert-OH is 1. The third-order valence-electron chi connectivity index (χ3n) is 3.39. The lowest BCUT2D eigenvalue weighted by molar-refractivity contribution is 0.0787. The average molecular weight is 267 g/mol. The van der Waals surface area contributed by atoms with Gasteiger partial charge in [0.15, 0.2) is 0 Å². The fourth-order valence-corrected chi connectivity index (χ4v) is 2.24. The van der Waals surface area contributed by atoms with Crippen LogP contribution in [0.5, 0.6) is 0 Å². The lowest BCUT2D eigenvalue weighted by Gasteiger charge is -2.29. The number of hydrogen-bond donors (Lipinski definition) is 3. The summed E-state index contributed by atoms with van der Waals surface area (Å²) in [5.74, 6) is 4.29. The zero-order valence-electron chi connectivity index (χ0n) is 10.6. The highest BCUT2D eigenvalue weighted by atomic mass is 19.1. The predicted molar refractivity (Wildman–Crippen MR) is 68.6 cm³/mol. The first-order chi connectivity index (χ1) is 9.10. The third-order valence-corrected chi connectivity index (χ3v) is 3.39. The van der Waals surface area contributed by atoms with Gasteiger partial charge in [-0.25, -0.2) is 10.2 Å². The quantitative estimate of drug-likeness (QED) is 0.420. The zero-order valence-corrected chi connectivity index (χ0v) is 10.6. The fourth-order valence-electron chi connectivity index (χ4n) is 2.24. The molecule has 0 aliphatic carbocycles. The van der Waals surface area contributed by atoms with E-state index in [2.05, 4.69) is 4.90 Å². The highest BCUT2D eigenvalue weighted by Gasteiger charge is 2.18. The monoisotopic (exact) mass is 267 g/mol. The molecule has 1 amide bonds. The summed E-state index contributed by atoms with van der Waals surface area (Å²) in [5, 5.41) is 9.43. The number of halogens is 1. The molecule has 0 unspecified atom stereocenters. The molecule has 4 N–H and O–H groups in total. The molecule has 1 aliphatic heterocycles. The van der Waals surface area contributed by atoms with Gasteiger partial charge in [0.05, 0.1) is 6.10 Å². The predicted octanol–water partition coefficient (Wildman–Crippen LogP) is 0.386. The number of carbonyl (C=O) groups is 1. The van der Waals surface area contributed by atoms with Crippen LogP contribution < -0.4 is 11.3 Å². The Balaban J connectivity index is 2.08. The van der Waals surface area contributed by atoms with Gasteiger partial charge in [0, 0.05) is 30.8 Å². The van der Waals surface area contributed by atoms with E-state index in [1.165, 1.54) is 18.2 Å². The maximum atomic E-state index is 13.7. The van der Waals surface area contributed by atoms with Gasteiger partial charge in [-0.15, -0.1) is 0 Å². The van der Waals surface area contributed by atoms with Crippen molar-refractivity contribution in [3.05, 3.63) is 35.1 Å². The van der Waals surface area contributed by atoms with E-state index in [0.29, 0.717) is 30.5 Å². The standard InChI is InChI=1S/C13H18FN3O2/c14-12-2-1-9(13(19)16-15)7-10(12)8-17-5-3-11(18)4-6-17/h1-2,7,11,18H,3-6,8,15H2,(H,16,19). The Hall–Kier alpha value is -1.50. The number of nitrogen functional groups attached to an aromatic ring is 1. The van der Waals surface area contributed by atoms with Gasteiger partial charge in [0.25, 0.3) is 5.91 Å². The summed E-state index contributed by atoms with van der Waals surface area (Å²) in [6.07, 6.45) is 1.14. The van der Waals surface area contributed by atoms with E-state index in [9.17, 15) is 14.3 Å². The van der Waals surface area contributed by atoms with Crippen molar-refractivity contribution in [3.8, 4) is 0 Å². The lowest BCUT2D eigenvalue weighted by Crippen LogP contribution is -2.35. The third kappa shape index (κ3) is 3.50. The smallest absolute Gasteiger partial charge is 0.265 e. The Kier molecular flexibility index (Phi) is 4.47. The molecule has 0 aromatic heterocycles. The molecule has 1 saturated heterocycles. The molecule has 104 valence electrons. The molecule has 19 heavy (non-hydrogen) atoms. The molecule has 1 heterocycles. The number of nitrogens with zero attached hydrogens (tertiary/aromatic N) is 1. The van der Waals surface area contributed by atoms with Crippen molar-refractivity contribution in [2.75, 3.05) is 13.1 Å². The number of carbonyl (C=O) groups excluding carboxylic acids is 1. The maximum absolute atomic E-state index is 13.7. The van der Waals surface area contributed by atoms with Crippen LogP contribution in [0.4, 0.5) is 4.39 Å². The minimum Gasteiger partial charge on any atom is -0.393 e. The first kappa shape index (κ1) is 13.9. The number of benzene rings is 1. The number of hydrazine groups is 1. The highest BCUT2D eigenvalue weighted by Crippen LogP contribution is 2.17. The summed E-state index contributed by atoms with van der Waals surface area (Å²) in [5.41, 5.74) is 2.84. The van der Waals surface area contributed by atoms with Gasteiger partial charge in [-0.1, -0.05) is 0 Å². The van der Waals surface area contributed by atoms with Crippen molar-refractivity contribution < 1.29 is 14.3 Å². The van der Waals surface area contributed by atoms with Gasteiger partial charge in [0.2, 0.25) is 0 Å². The van der Waals surface area contributed by atoms with Crippen molar-refractivity contribution in [1.82, 2.24) is 10.3 Å². The van der Waals surface area contributed by atoms with E-state index in [-0.39, 0.29) is 11.9 Å². The number of nitrogens with two attached hydrogens (primary N) is 1. The summed E-state index contributed by atoms with van der Waals surface area (Å²) in [4.78, 5) is 13.5. The summed E-state index contributed by atoms with van der Waals surface area (Å²) in [6.45, 7) is 1.89. The number of piperidine rings is 1. The van der Waals surface area contributed by atoms with Crippen molar-refractivity contribution in [2.24, 2.45) is 5.84 Å². The number of amides is 1. The topological polar surface area (TPSA) is 78.6 Å². The van der Waals surface area contributed by atoms with Crippen LogP contribution in [-0.4, -0.2) is 35.1 Å². The second-order valence-corrected chi connectivity index (χ2v) is 4.79. The van der Waals surface area contributed by atoms with Crippen molar-refractivity contribution >= 4 is 5.91 Å². The Morgan fingerprint density at radius 2 is 2.16 bits per heavy atom. The first-order valence-electron chi connectivity index (χ1n) is 6.30.